The highest BCUT2D eigenvalue weighted by atomic mass is 32.2. The van der Waals surface area contributed by atoms with E-state index < -0.39 is 0 Å². The smallest absolute Gasteiger partial charge is 0.239 e. The molecule has 1 aliphatic heterocycles. The van der Waals surface area contributed by atoms with Crippen LogP contribution >= 0.6 is 23.1 Å². The van der Waals surface area contributed by atoms with Crippen LogP contribution in [0.15, 0.2) is 53.4 Å². The molecule has 1 aromatic heterocycles. The fourth-order valence-corrected chi connectivity index (χ4v) is 5.06. The van der Waals surface area contributed by atoms with E-state index in [1.54, 1.807) is 30.2 Å². The Morgan fingerprint density at radius 1 is 1.23 bits per heavy atom. The summed E-state index contributed by atoms with van der Waals surface area (Å²) in [4.78, 5) is 23.2. The number of hydrogen-bond acceptors (Lipinski definition) is 7. The molecule has 1 amide bonds. The molecule has 8 heteroatoms. The van der Waals surface area contributed by atoms with Crippen molar-refractivity contribution in [3.05, 3.63) is 48.5 Å². The second-order valence-electron chi connectivity index (χ2n) is 6.93. The standard InChI is InChI=1S/C22H25N3O3S2/c1-27-17-7-8-20-19(15-17)23-22(30-20)25(10-9-24-11-13-28-14-12-24)21(26)16-29-18-5-3-2-4-6-18/h2-8,15H,9-14,16H2,1H3. The summed E-state index contributed by atoms with van der Waals surface area (Å²) in [6.45, 7) is 4.72. The number of anilines is 1. The number of fused-ring (bicyclic) bond motifs is 1. The number of carbonyl (C=O) groups excluding carboxylic acids is 1. The van der Waals surface area contributed by atoms with E-state index in [1.807, 2.05) is 53.4 Å². The first-order valence-electron chi connectivity index (χ1n) is 9.96. The van der Waals surface area contributed by atoms with Gasteiger partial charge in [-0.25, -0.2) is 4.98 Å². The van der Waals surface area contributed by atoms with Crippen molar-refractivity contribution in [1.29, 1.82) is 0 Å². The van der Waals surface area contributed by atoms with Gasteiger partial charge in [-0.2, -0.15) is 0 Å². The van der Waals surface area contributed by atoms with Crippen molar-refractivity contribution >= 4 is 44.4 Å². The van der Waals surface area contributed by atoms with Crippen molar-refractivity contribution in [3.63, 3.8) is 0 Å². The molecule has 1 fully saturated rings. The molecule has 30 heavy (non-hydrogen) atoms. The SMILES string of the molecule is COc1ccc2sc(N(CCN3CCOCC3)C(=O)CSc3ccccc3)nc2c1. The molecule has 3 aromatic rings. The number of carbonyl (C=O) groups is 1. The monoisotopic (exact) mass is 443 g/mol. The van der Waals surface area contributed by atoms with Gasteiger partial charge in [-0.3, -0.25) is 14.6 Å². The first kappa shape index (κ1) is 21.1. The molecule has 0 saturated carbocycles. The van der Waals surface area contributed by atoms with E-state index in [-0.39, 0.29) is 5.91 Å². The zero-order valence-electron chi connectivity index (χ0n) is 17.0. The topological polar surface area (TPSA) is 54.9 Å². The van der Waals surface area contributed by atoms with Crippen molar-refractivity contribution in [3.8, 4) is 5.75 Å². The highest BCUT2D eigenvalue weighted by Gasteiger charge is 2.22. The fraction of sp³-hybridized carbons (Fsp3) is 0.364. The number of rotatable bonds is 8. The first-order chi connectivity index (χ1) is 14.7. The summed E-state index contributed by atoms with van der Waals surface area (Å²) in [6.07, 6.45) is 0. The third-order valence-electron chi connectivity index (χ3n) is 4.96. The normalized spacial score (nSPS) is 14.7. The van der Waals surface area contributed by atoms with Gasteiger partial charge < -0.3 is 9.47 Å². The van der Waals surface area contributed by atoms with Crippen LogP contribution in [-0.4, -0.2) is 68.0 Å². The molecule has 1 aliphatic rings. The van der Waals surface area contributed by atoms with Crippen molar-refractivity contribution in [2.45, 2.75) is 4.90 Å². The van der Waals surface area contributed by atoms with E-state index >= 15 is 0 Å². The molecule has 0 radical (unpaired) electrons. The average molecular weight is 444 g/mol. The Morgan fingerprint density at radius 2 is 2.03 bits per heavy atom. The highest BCUT2D eigenvalue weighted by Crippen LogP contribution is 2.32. The van der Waals surface area contributed by atoms with Crippen molar-refractivity contribution in [2.24, 2.45) is 0 Å². The predicted molar refractivity (Wildman–Crippen MR) is 123 cm³/mol. The van der Waals surface area contributed by atoms with Crippen LogP contribution in [0.4, 0.5) is 5.13 Å². The quantitative estimate of drug-likeness (QED) is 0.494. The molecule has 6 nitrogen and oxygen atoms in total. The third kappa shape index (κ3) is 5.31. The van der Waals surface area contributed by atoms with Gasteiger partial charge in [0.1, 0.15) is 5.75 Å². The van der Waals surface area contributed by atoms with Gasteiger partial charge in [0.2, 0.25) is 5.91 Å². The van der Waals surface area contributed by atoms with Crippen LogP contribution in [-0.2, 0) is 9.53 Å². The van der Waals surface area contributed by atoms with E-state index in [1.165, 1.54) is 0 Å². The number of hydrogen-bond donors (Lipinski definition) is 0. The summed E-state index contributed by atoms with van der Waals surface area (Å²) in [7, 11) is 1.65. The number of thiazole rings is 1. The van der Waals surface area contributed by atoms with Crippen LogP contribution in [0.25, 0.3) is 10.2 Å². The number of methoxy groups -OCH3 is 1. The second kappa shape index (κ2) is 10.3. The fourth-order valence-electron chi connectivity index (χ4n) is 3.27. The summed E-state index contributed by atoms with van der Waals surface area (Å²) in [5, 5.41) is 0.741. The molecule has 0 aliphatic carbocycles. The summed E-state index contributed by atoms with van der Waals surface area (Å²) >= 11 is 3.11. The summed E-state index contributed by atoms with van der Waals surface area (Å²) in [5.41, 5.74) is 0.856. The van der Waals surface area contributed by atoms with E-state index in [9.17, 15) is 4.79 Å². The van der Waals surface area contributed by atoms with E-state index in [0.717, 1.165) is 58.8 Å². The van der Waals surface area contributed by atoms with Crippen LogP contribution in [0.1, 0.15) is 0 Å². The Labute approximate surface area is 184 Å². The maximum absolute atomic E-state index is 13.2. The van der Waals surface area contributed by atoms with E-state index in [0.29, 0.717) is 12.3 Å². The molecule has 2 aromatic carbocycles. The van der Waals surface area contributed by atoms with Gasteiger partial charge in [0.25, 0.3) is 0 Å². The van der Waals surface area contributed by atoms with Gasteiger partial charge in [-0.15, -0.1) is 11.8 Å². The van der Waals surface area contributed by atoms with Crippen LogP contribution < -0.4 is 9.64 Å². The molecule has 158 valence electrons. The number of morpholine rings is 1. The Balaban J connectivity index is 1.51. The zero-order valence-corrected chi connectivity index (χ0v) is 18.6. The molecule has 4 rings (SSSR count). The third-order valence-corrected chi connectivity index (χ3v) is 7.02. The van der Waals surface area contributed by atoms with Crippen molar-refractivity contribution in [1.82, 2.24) is 9.88 Å². The summed E-state index contributed by atoms with van der Waals surface area (Å²) in [6, 6.07) is 15.9. The van der Waals surface area contributed by atoms with Gasteiger partial charge in [0.05, 0.1) is 36.3 Å². The lowest BCUT2D eigenvalue weighted by atomic mass is 10.3. The van der Waals surface area contributed by atoms with Crippen LogP contribution in [0.3, 0.4) is 0 Å². The van der Waals surface area contributed by atoms with Crippen LogP contribution in [0.5, 0.6) is 5.75 Å². The number of nitrogens with zero attached hydrogens (tertiary/aromatic N) is 3. The Hall–Kier alpha value is -2.13. The molecular formula is C22H25N3O3S2. The Bertz CT molecular complexity index is 974. The molecule has 0 atom stereocenters. The average Bonchev–Trinajstić information content (AvgIpc) is 3.22. The molecule has 0 unspecified atom stereocenters. The molecule has 1 saturated heterocycles. The lowest BCUT2D eigenvalue weighted by molar-refractivity contribution is -0.116. The minimum absolute atomic E-state index is 0.0723. The lowest BCUT2D eigenvalue weighted by Crippen LogP contribution is -2.43. The van der Waals surface area contributed by atoms with Crippen LogP contribution in [0.2, 0.25) is 0 Å². The summed E-state index contributed by atoms with van der Waals surface area (Å²) in [5.74, 6) is 1.22. The van der Waals surface area contributed by atoms with Crippen molar-refractivity contribution < 1.29 is 14.3 Å². The number of thioether (sulfide) groups is 1. The largest absolute Gasteiger partial charge is 0.497 e. The van der Waals surface area contributed by atoms with Crippen molar-refractivity contribution in [2.75, 3.05) is 57.2 Å². The minimum atomic E-state index is 0.0723. The highest BCUT2D eigenvalue weighted by molar-refractivity contribution is 8.00. The number of amides is 1. The van der Waals surface area contributed by atoms with Gasteiger partial charge in [-0.1, -0.05) is 29.5 Å². The predicted octanol–water partition coefficient (Wildman–Crippen LogP) is 3.76. The molecule has 0 N–H and O–H groups in total. The van der Waals surface area contributed by atoms with Gasteiger partial charge >= 0.3 is 0 Å². The lowest BCUT2D eigenvalue weighted by Gasteiger charge is -2.29. The second-order valence-corrected chi connectivity index (χ2v) is 8.99. The molecule has 0 bridgehead atoms. The van der Waals surface area contributed by atoms with Gasteiger partial charge in [0, 0.05) is 37.1 Å². The summed E-state index contributed by atoms with van der Waals surface area (Å²) < 4.78 is 11.8. The molecule has 2 heterocycles. The minimum Gasteiger partial charge on any atom is -0.497 e. The zero-order chi connectivity index (χ0) is 20.8. The number of ether oxygens (including phenoxy) is 2. The van der Waals surface area contributed by atoms with E-state index in [4.69, 9.17) is 14.5 Å². The molecular weight excluding hydrogens is 418 g/mol. The number of benzene rings is 2. The number of aromatic nitrogens is 1. The maximum Gasteiger partial charge on any atom is 0.239 e. The van der Waals surface area contributed by atoms with Gasteiger partial charge in [0.15, 0.2) is 5.13 Å². The molecule has 0 spiro atoms. The van der Waals surface area contributed by atoms with Gasteiger partial charge in [-0.05, 0) is 24.3 Å². The van der Waals surface area contributed by atoms with Crippen LogP contribution in [0, 0.1) is 0 Å². The Kier molecular flexibility index (Phi) is 7.22. The van der Waals surface area contributed by atoms with E-state index in [2.05, 4.69) is 4.90 Å². The Morgan fingerprint density at radius 3 is 2.80 bits per heavy atom. The first-order valence-corrected chi connectivity index (χ1v) is 11.8. The maximum atomic E-state index is 13.2.